The van der Waals surface area contributed by atoms with Gasteiger partial charge in [-0.25, -0.2) is 8.78 Å². The maximum atomic E-state index is 14.2. The Balaban J connectivity index is 2.40. The molecule has 0 N–H and O–H groups in total. The third-order valence-electron chi connectivity index (χ3n) is 3.84. The van der Waals surface area contributed by atoms with E-state index in [1.807, 2.05) is 18.9 Å². The number of aldehydes is 1. The van der Waals surface area contributed by atoms with Gasteiger partial charge in [-0.2, -0.15) is 0 Å². The van der Waals surface area contributed by atoms with Gasteiger partial charge in [0, 0.05) is 24.7 Å². The third-order valence-corrected chi connectivity index (χ3v) is 3.84. The zero-order valence-electron chi connectivity index (χ0n) is 11.9. The largest absolute Gasteiger partial charge is 0.362 e. The van der Waals surface area contributed by atoms with Gasteiger partial charge in [0.05, 0.1) is 0 Å². The first-order valence-electron chi connectivity index (χ1n) is 6.96. The number of carbonyl (C=O) groups excluding carboxylic acids is 1. The summed E-state index contributed by atoms with van der Waals surface area (Å²) in [5.74, 6) is -1.31. The molecule has 1 aliphatic heterocycles. The van der Waals surface area contributed by atoms with Crippen molar-refractivity contribution in [3.8, 4) is 0 Å². The normalized spacial score (nSPS) is 20.8. The molecular formula is C15H20F2N2O. The number of halogens is 2. The predicted molar refractivity (Wildman–Crippen MR) is 75.3 cm³/mol. The lowest BCUT2D eigenvalue weighted by Gasteiger charge is -2.32. The molecule has 0 aromatic heterocycles. The summed E-state index contributed by atoms with van der Waals surface area (Å²) in [5.41, 5.74) is 0.0292. The van der Waals surface area contributed by atoms with Gasteiger partial charge in [-0.05, 0) is 38.6 Å². The van der Waals surface area contributed by atoms with Crippen LogP contribution in [0.25, 0.3) is 0 Å². The fraction of sp³-hybridized carbons (Fsp3) is 0.533. The van der Waals surface area contributed by atoms with Gasteiger partial charge >= 0.3 is 0 Å². The van der Waals surface area contributed by atoms with Crippen molar-refractivity contribution < 1.29 is 13.6 Å². The Morgan fingerprint density at radius 1 is 1.30 bits per heavy atom. The Labute approximate surface area is 118 Å². The van der Waals surface area contributed by atoms with Gasteiger partial charge in [-0.15, -0.1) is 0 Å². The van der Waals surface area contributed by atoms with Crippen molar-refractivity contribution in [2.45, 2.75) is 25.8 Å². The molecule has 1 atom stereocenters. The second-order valence-electron chi connectivity index (χ2n) is 5.32. The number of rotatable bonds is 3. The Bertz CT molecular complexity index is 470. The highest BCUT2D eigenvalue weighted by molar-refractivity contribution is 5.76. The maximum Gasteiger partial charge on any atom is 0.150 e. The monoisotopic (exact) mass is 282 g/mol. The highest BCUT2D eigenvalue weighted by atomic mass is 19.1. The quantitative estimate of drug-likeness (QED) is 0.796. The fourth-order valence-corrected chi connectivity index (χ4v) is 2.81. The first kappa shape index (κ1) is 14.9. The molecule has 1 saturated heterocycles. The van der Waals surface area contributed by atoms with E-state index < -0.39 is 11.6 Å². The second kappa shape index (κ2) is 6.31. The molecule has 2 rings (SSSR count). The first-order chi connectivity index (χ1) is 9.56. The minimum atomic E-state index is -0.657. The van der Waals surface area contributed by atoms with Crippen molar-refractivity contribution in [1.82, 2.24) is 4.90 Å². The van der Waals surface area contributed by atoms with Crippen LogP contribution in [0.3, 0.4) is 0 Å². The molecule has 1 aromatic rings. The van der Waals surface area contributed by atoms with Crippen molar-refractivity contribution in [2.24, 2.45) is 0 Å². The number of likely N-dealkylation sites (N-methyl/N-ethyl adjacent to an activating group) is 1. The molecule has 3 nitrogen and oxygen atoms in total. The van der Waals surface area contributed by atoms with Gasteiger partial charge < -0.3 is 9.80 Å². The molecule has 0 saturated carbocycles. The van der Waals surface area contributed by atoms with Gasteiger partial charge in [0.1, 0.15) is 23.6 Å². The number of hydrogen-bond donors (Lipinski definition) is 0. The number of carbonyl (C=O) groups is 1. The number of anilines is 1. The molecule has 1 aliphatic rings. The second-order valence-corrected chi connectivity index (χ2v) is 5.32. The molecule has 5 heteroatoms. The summed E-state index contributed by atoms with van der Waals surface area (Å²) in [6, 6.07) is 2.29. The van der Waals surface area contributed by atoms with Crippen molar-refractivity contribution in [2.75, 3.05) is 31.6 Å². The number of nitrogens with zero attached hydrogens (tertiary/aromatic N) is 2. The third kappa shape index (κ3) is 2.98. The van der Waals surface area contributed by atoms with E-state index in [0.29, 0.717) is 12.8 Å². The highest BCUT2D eigenvalue weighted by Crippen LogP contribution is 2.28. The molecule has 0 amide bonds. The Kier molecular flexibility index (Phi) is 4.70. The average Bonchev–Trinajstić information content (AvgIpc) is 2.59. The molecule has 0 radical (unpaired) electrons. The summed E-state index contributed by atoms with van der Waals surface area (Å²) in [4.78, 5) is 14.7. The van der Waals surface area contributed by atoms with E-state index in [9.17, 15) is 13.6 Å². The Hall–Kier alpha value is -1.49. The van der Waals surface area contributed by atoms with Crippen LogP contribution in [0.15, 0.2) is 12.1 Å². The Morgan fingerprint density at radius 3 is 2.50 bits per heavy atom. The van der Waals surface area contributed by atoms with Crippen LogP contribution in [0, 0.1) is 11.6 Å². The van der Waals surface area contributed by atoms with E-state index in [4.69, 9.17) is 0 Å². The lowest BCUT2D eigenvalue weighted by molar-refractivity contribution is 0.112. The van der Waals surface area contributed by atoms with E-state index in [1.165, 1.54) is 0 Å². The van der Waals surface area contributed by atoms with Crippen molar-refractivity contribution in [3.05, 3.63) is 29.3 Å². The smallest absolute Gasteiger partial charge is 0.150 e. The molecule has 20 heavy (non-hydrogen) atoms. The van der Waals surface area contributed by atoms with Crippen LogP contribution in [-0.2, 0) is 0 Å². The van der Waals surface area contributed by atoms with Crippen LogP contribution < -0.4 is 4.90 Å². The minimum Gasteiger partial charge on any atom is -0.362 e. The topological polar surface area (TPSA) is 23.6 Å². The molecule has 1 unspecified atom stereocenters. The molecular weight excluding hydrogens is 262 g/mol. The molecule has 1 aromatic carbocycles. The number of benzene rings is 1. The van der Waals surface area contributed by atoms with Crippen molar-refractivity contribution in [1.29, 1.82) is 0 Å². The molecule has 110 valence electrons. The van der Waals surface area contributed by atoms with Crippen LogP contribution in [-0.4, -0.2) is 43.9 Å². The summed E-state index contributed by atoms with van der Waals surface area (Å²) in [7, 11) is 2.02. The zero-order chi connectivity index (χ0) is 14.7. The summed E-state index contributed by atoms with van der Waals surface area (Å²) < 4.78 is 28.3. The van der Waals surface area contributed by atoms with E-state index in [2.05, 4.69) is 4.90 Å². The van der Waals surface area contributed by atoms with E-state index >= 15 is 0 Å². The summed E-state index contributed by atoms with van der Waals surface area (Å²) >= 11 is 0. The standard InChI is InChI=1S/C15H20F2N2O/c1-3-12-9-18(2)5-4-6-19(12)15-13(16)7-11(10-20)8-14(15)17/h7-8,10,12H,3-6,9H2,1-2H3. The predicted octanol–water partition coefficient (Wildman–Crippen LogP) is 2.70. The summed E-state index contributed by atoms with van der Waals surface area (Å²) in [5, 5.41) is 0. The molecule has 0 aliphatic carbocycles. The van der Waals surface area contributed by atoms with Crippen molar-refractivity contribution >= 4 is 12.0 Å². The summed E-state index contributed by atoms with van der Waals surface area (Å²) in [6.07, 6.45) is 2.14. The molecule has 0 spiro atoms. The Morgan fingerprint density at radius 2 is 1.95 bits per heavy atom. The SMILES string of the molecule is CCC1CN(C)CCCN1c1c(F)cc(C=O)cc1F. The minimum absolute atomic E-state index is 0.00208. The van der Waals surface area contributed by atoms with Crippen molar-refractivity contribution in [3.63, 3.8) is 0 Å². The lowest BCUT2D eigenvalue weighted by atomic mass is 10.1. The van der Waals surface area contributed by atoms with Crippen LogP contribution >= 0.6 is 0 Å². The van der Waals surface area contributed by atoms with Crippen LogP contribution in [0.5, 0.6) is 0 Å². The van der Waals surface area contributed by atoms with Gasteiger partial charge in [0.2, 0.25) is 0 Å². The zero-order valence-corrected chi connectivity index (χ0v) is 11.9. The molecule has 1 heterocycles. The number of hydrogen-bond acceptors (Lipinski definition) is 3. The van der Waals surface area contributed by atoms with Gasteiger partial charge in [-0.3, -0.25) is 4.79 Å². The van der Waals surface area contributed by atoms with Crippen LogP contribution in [0.1, 0.15) is 30.1 Å². The van der Waals surface area contributed by atoms with Gasteiger partial charge in [0.15, 0.2) is 0 Å². The average molecular weight is 282 g/mol. The maximum absolute atomic E-state index is 14.2. The molecule has 1 fully saturated rings. The summed E-state index contributed by atoms with van der Waals surface area (Å²) in [6.45, 7) is 4.34. The lowest BCUT2D eigenvalue weighted by Crippen LogP contribution is -2.40. The van der Waals surface area contributed by atoms with Gasteiger partial charge in [-0.1, -0.05) is 6.92 Å². The molecule has 0 bridgehead atoms. The highest BCUT2D eigenvalue weighted by Gasteiger charge is 2.27. The van der Waals surface area contributed by atoms with E-state index in [1.54, 1.807) is 0 Å². The van der Waals surface area contributed by atoms with Crippen LogP contribution in [0.2, 0.25) is 0 Å². The van der Waals surface area contributed by atoms with Crippen LogP contribution in [0.4, 0.5) is 14.5 Å². The van der Waals surface area contributed by atoms with E-state index in [-0.39, 0.29) is 17.3 Å². The van der Waals surface area contributed by atoms with E-state index in [0.717, 1.165) is 38.1 Å². The fourth-order valence-electron chi connectivity index (χ4n) is 2.81. The van der Waals surface area contributed by atoms with Gasteiger partial charge in [0.25, 0.3) is 0 Å². The first-order valence-corrected chi connectivity index (χ1v) is 6.96.